The lowest BCUT2D eigenvalue weighted by molar-refractivity contribution is 0.112. The van der Waals surface area contributed by atoms with E-state index in [-0.39, 0.29) is 5.75 Å². The molecule has 4 heteroatoms. The average Bonchev–Trinajstić information content (AvgIpc) is 2.61. The van der Waals surface area contributed by atoms with Crippen LogP contribution < -0.4 is 0 Å². The SMILES string of the molecule is COC.O=Cc1cc2ccc(O)cc2[nH]1. The fraction of sp³-hybridized carbons (Fsp3) is 0.182. The number of rotatable bonds is 1. The molecule has 0 bridgehead atoms. The molecular formula is C11H13NO3. The lowest BCUT2D eigenvalue weighted by Gasteiger charge is -1.89. The Labute approximate surface area is 87.5 Å². The summed E-state index contributed by atoms with van der Waals surface area (Å²) in [5.41, 5.74) is 1.30. The number of nitrogens with one attached hydrogen (secondary N) is 1. The van der Waals surface area contributed by atoms with Crippen LogP contribution in [-0.4, -0.2) is 30.6 Å². The Morgan fingerprint density at radius 1 is 1.33 bits per heavy atom. The van der Waals surface area contributed by atoms with Crippen LogP contribution in [0.25, 0.3) is 10.9 Å². The van der Waals surface area contributed by atoms with Crippen molar-refractivity contribution >= 4 is 17.2 Å². The number of fused-ring (bicyclic) bond motifs is 1. The van der Waals surface area contributed by atoms with E-state index in [1.165, 1.54) is 0 Å². The molecule has 0 aliphatic heterocycles. The number of phenols is 1. The standard InChI is InChI=1S/C9H7NO2.C2H6O/c11-5-7-3-6-1-2-8(12)4-9(6)10-7;1-3-2/h1-5,10,12H;1-2H3. The molecule has 0 radical (unpaired) electrons. The zero-order valence-electron chi connectivity index (χ0n) is 8.65. The van der Waals surface area contributed by atoms with Crippen molar-refractivity contribution in [2.75, 3.05) is 14.2 Å². The molecule has 1 aromatic heterocycles. The molecule has 0 aliphatic carbocycles. The van der Waals surface area contributed by atoms with Crippen molar-refractivity contribution in [1.29, 1.82) is 0 Å². The van der Waals surface area contributed by atoms with Gasteiger partial charge in [-0.25, -0.2) is 0 Å². The maximum atomic E-state index is 10.4. The molecule has 0 saturated heterocycles. The van der Waals surface area contributed by atoms with E-state index in [1.54, 1.807) is 38.5 Å². The van der Waals surface area contributed by atoms with E-state index in [0.29, 0.717) is 5.69 Å². The molecule has 2 aromatic rings. The maximum Gasteiger partial charge on any atom is 0.166 e. The number of hydrogen-bond acceptors (Lipinski definition) is 3. The lowest BCUT2D eigenvalue weighted by atomic mass is 10.2. The number of carbonyl (C=O) groups is 1. The Morgan fingerprint density at radius 3 is 2.60 bits per heavy atom. The van der Waals surface area contributed by atoms with Gasteiger partial charge in [-0.3, -0.25) is 4.79 Å². The van der Waals surface area contributed by atoms with Crippen LogP contribution in [0.4, 0.5) is 0 Å². The summed E-state index contributed by atoms with van der Waals surface area (Å²) in [5.74, 6) is 0.196. The largest absolute Gasteiger partial charge is 0.508 e. The minimum absolute atomic E-state index is 0.196. The number of phenolic OH excluding ortho intramolecular Hbond substituents is 1. The van der Waals surface area contributed by atoms with E-state index in [0.717, 1.165) is 17.2 Å². The van der Waals surface area contributed by atoms with Gasteiger partial charge in [0.1, 0.15) is 5.75 Å². The monoisotopic (exact) mass is 207 g/mol. The van der Waals surface area contributed by atoms with Gasteiger partial charge in [0.25, 0.3) is 0 Å². The molecular weight excluding hydrogens is 194 g/mol. The number of benzene rings is 1. The first-order valence-electron chi connectivity index (χ1n) is 4.38. The van der Waals surface area contributed by atoms with E-state index in [9.17, 15) is 4.79 Å². The van der Waals surface area contributed by atoms with Crippen molar-refractivity contribution in [2.45, 2.75) is 0 Å². The number of methoxy groups -OCH3 is 1. The topological polar surface area (TPSA) is 62.3 Å². The lowest BCUT2D eigenvalue weighted by Crippen LogP contribution is -1.74. The highest BCUT2D eigenvalue weighted by atomic mass is 16.4. The van der Waals surface area contributed by atoms with Crippen LogP contribution in [-0.2, 0) is 4.74 Å². The summed E-state index contributed by atoms with van der Waals surface area (Å²) >= 11 is 0. The van der Waals surface area contributed by atoms with Crippen molar-refractivity contribution in [3.63, 3.8) is 0 Å². The maximum absolute atomic E-state index is 10.4. The predicted octanol–water partition coefficient (Wildman–Crippen LogP) is 1.95. The third-order valence-corrected chi connectivity index (χ3v) is 1.75. The van der Waals surface area contributed by atoms with Gasteiger partial charge in [-0.15, -0.1) is 0 Å². The third-order valence-electron chi connectivity index (χ3n) is 1.75. The van der Waals surface area contributed by atoms with Crippen LogP contribution in [0.2, 0.25) is 0 Å². The summed E-state index contributed by atoms with van der Waals surface area (Å²) in [7, 11) is 3.25. The summed E-state index contributed by atoms with van der Waals surface area (Å²) in [5, 5.41) is 10.0. The van der Waals surface area contributed by atoms with Crippen LogP contribution in [0.3, 0.4) is 0 Å². The smallest absolute Gasteiger partial charge is 0.166 e. The molecule has 0 spiro atoms. The van der Waals surface area contributed by atoms with E-state index in [2.05, 4.69) is 9.72 Å². The molecule has 1 heterocycles. The van der Waals surface area contributed by atoms with Gasteiger partial charge in [0.2, 0.25) is 0 Å². The Bertz CT molecular complexity index is 448. The van der Waals surface area contributed by atoms with Gasteiger partial charge in [-0.1, -0.05) is 0 Å². The second-order valence-electron chi connectivity index (χ2n) is 3.02. The van der Waals surface area contributed by atoms with Gasteiger partial charge in [0, 0.05) is 31.2 Å². The van der Waals surface area contributed by atoms with Crippen LogP contribution in [0.5, 0.6) is 5.75 Å². The number of aromatic nitrogens is 1. The van der Waals surface area contributed by atoms with Crippen LogP contribution in [0, 0.1) is 0 Å². The van der Waals surface area contributed by atoms with Gasteiger partial charge in [0.15, 0.2) is 6.29 Å². The molecule has 0 saturated carbocycles. The second-order valence-corrected chi connectivity index (χ2v) is 3.02. The van der Waals surface area contributed by atoms with Gasteiger partial charge < -0.3 is 14.8 Å². The van der Waals surface area contributed by atoms with Crippen molar-refractivity contribution in [3.8, 4) is 5.75 Å². The first-order valence-corrected chi connectivity index (χ1v) is 4.38. The fourth-order valence-electron chi connectivity index (χ4n) is 1.20. The van der Waals surface area contributed by atoms with E-state index in [1.807, 2.05) is 0 Å². The molecule has 2 N–H and O–H groups in total. The van der Waals surface area contributed by atoms with Gasteiger partial charge in [-0.2, -0.15) is 0 Å². The summed E-state index contributed by atoms with van der Waals surface area (Å²) < 4.78 is 4.25. The average molecular weight is 207 g/mol. The highest BCUT2D eigenvalue weighted by Gasteiger charge is 1.99. The third kappa shape index (κ3) is 2.82. The van der Waals surface area contributed by atoms with E-state index in [4.69, 9.17) is 5.11 Å². The van der Waals surface area contributed by atoms with E-state index >= 15 is 0 Å². The molecule has 0 fully saturated rings. The van der Waals surface area contributed by atoms with Gasteiger partial charge >= 0.3 is 0 Å². The quantitative estimate of drug-likeness (QED) is 0.702. The van der Waals surface area contributed by atoms with Gasteiger partial charge in [0.05, 0.1) is 5.69 Å². The normalized spacial score (nSPS) is 9.47. The first kappa shape index (κ1) is 11.3. The molecule has 15 heavy (non-hydrogen) atoms. The van der Waals surface area contributed by atoms with Crippen LogP contribution >= 0.6 is 0 Å². The number of hydrogen-bond donors (Lipinski definition) is 2. The summed E-state index contributed by atoms with van der Waals surface area (Å²) in [6, 6.07) is 6.67. The predicted molar refractivity (Wildman–Crippen MR) is 58.3 cm³/mol. The number of aromatic amines is 1. The highest BCUT2D eigenvalue weighted by molar-refractivity contribution is 5.88. The van der Waals surface area contributed by atoms with Crippen molar-refractivity contribution in [1.82, 2.24) is 4.98 Å². The number of carbonyl (C=O) groups excluding carboxylic acids is 1. The molecule has 0 aliphatic rings. The Kier molecular flexibility index (Phi) is 3.88. The Morgan fingerprint density at radius 2 is 2.00 bits per heavy atom. The second kappa shape index (κ2) is 5.17. The summed E-state index contributed by atoms with van der Waals surface area (Å²) in [4.78, 5) is 13.2. The van der Waals surface area contributed by atoms with Gasteiger partial charge in [-0.05, 0) is 18.2 Å². The summed E-state index contributed by atoms with van der Waals surface area (Å²) in [6.45, 7) is 0. The minimum atomic E-state index is 0.196. The molecule has 2 rings (SSSR count). The minimum Gasteiger partial charge on any atom is -0.508 e. The number of aromatic hydroxyl groups is 1. The fourth-order valence-corrected chi connectivity index (χ4v) is 1.20. The zero-order valence-corrected chi connectivity index (χ0v) is 8.65. The van der Waals surface area contributed by atoms with Crippen LogP contribution in [0.1, 0.15) is 10.5 Å². The Hall–Kier alpha value is -1.81. The zero-order chi connectivity index (χ0) is 11.3. The number of ether oxygens (including phenoxy) is 1. The van der Waals surface area contributed by atoms with Crippen molar-refractivity contribution in [3.05, 3.63) is 30.0 Å². The molecule has 1 aromatic carbocycles. The first-order chi connectivity index (χ1) is 7.21. The highest BCUT2D eigenvalue weighted by Crippen LogP contribution is 2.19. The molecule has 0 atom stereocenters. The molecule has 0 amide bonds. The summed E-state index contributed by atoms with van der Waals surface area (Å²) in [6.07, 6.45) is 0.747. The van der Waals surface area contributed by atoms with Crippen molar-refractivity contribution in [2.24, 2.45) is 0 Å². The van der Waals surface area contributed by atoms with Crippen molar-refractivity contribution < 1.29 is 14.6 Å². The van der Waals surface area contributed by atoms with Crippen LogP contribution in [0.15, 0.2) is 24.3 Å². The van der Waals surface area contributed by atoms with E-state index < -0.39 is 0 Å². The molecule has 80 valence electrons. The number of H-pyrrole nitrogens is 1. The molecule has 4 nitrogen and oxygen atoms in total. The Balaban J connectivity index is 0.000000337. The molecule has 0 unspecified atom stereocenters. The number of aldehydes is 1.